The van der Waals surface area contributed by atoms with Gasteiger partial charge in [0.15, 0.2) is 17.3 Å². The molecule has 0 fully saturated rings. The molecule has 0 bridgehead atoms. The van der Waals surface area contributed by atoms with Crippen LogP contribution in [0.5, 0.6) is 23.0 Å². The van der Waals surface area contributed by atoms with Crippen LogP contribution in [0.15, 0.2) is 36.4 Å². The van der Waals surface area contributed by atoms with E-state index in [2.05, 4.69) is 14.1 Å². The minimum Gasteiger partial charge on any atom is -0.494 e. The summed E-state index contributed by atoms with van der Waals surface area (Å²) in [5.74, 6) is 2.98. The predicted molar refractivity (Wildman–Crippen MR) is 119 cm³/mol. The molecule has 0 N–H and O–H groups in total. The van der Waals surface area contributed by atoms with E-state index in [1.807, 2.05) is 43.3 Å². The summed E-state index contributed by atoms with van der Waals surface area (Å²) in [5, 5.41) is 0. The number of hydrogen-bond donors (Lipinski definition) is 0. The highest BCUT2D eigenvalue weighted by atomic mass is 16.7. The third-order valence-corrected chi connectivity index (χ3v) is 6.13. The zero-order valence-corrected chi connectivity index (χ0v) is 18.6. The molecule has 2 aliphatic rings. The van der Waals surface area contributed by atoms with E-state index in [-0.39, 0.29) is 18.6 Å². The van der Waals surface area contributed by atoms with E-state index >= 15 is 0 Å². The number of carbonyl (C=O) groups excluding carboxylic acids is 1. The molecule has 0 unspecified atom stereocenters. The Labute approximate surface area is 183 Å². The number of likely N-dealkylation sites (N-methyl/N-ethyl adjacent to an activating group) is 1. The Balaban J connectivity index is 1.58. The maximum atomic E-state index is 13.0. The van der Waals surface area contributed by atoms with Crippen molar-refractivity contribution in [2.75, 3.05) is 41.1 Å². The zero-order valence-electron chi connectivity index (χ0n) is 18.6. The van der Waals surface area contributed by atoms with Crippen LogP contribution in [-0.4, -0.2) is 51.4 Å². The summed E-state index contributed by atoms with van der Waals surface area (Å²) in [7, 11) is 5.99. The van der Waals surface area contributed by atoms with Crippen molar-refractivity contribution < 1.29 is 28.2 Å². The summed E-state index contributed by atoms with van der Waals surface area (Å²) in [6.45, 7) is 3.73. The monoisotopic (exact) mass is 424 g/mol. The van der Waals surface area contributed by atoms with Crippen molar-refractivity contribution in [2.24, 2.45) is 0 Å². The number of nitrogens with zero attached hydrogens (tertiary/aromatic N) is 1. The van der Waals surface area contributed by atoms with E-state index < -0.39 is 0 Å². The standard InChI is InChI=1S/C25H30NO5/c1-5-29-20-10-7-17(8-11-20)6-9-19(27)15-21-23-18(12-13-26(21,2)3)14-22-24(25(23)28-4)31-16-30-22/h6-11,14,21H,5,12-13,15-16H2,1-4H3/q+1/b9-6-/t21-/m0/s1. The Bertz CT molecular complexity index is 994. The molecular formula is C25H30NO5+. The molecule has 31 heavy (non-hydrogen) atoms. The molecule has 0 aromatic heterocycles. The van der Waals surface area contributed by atoms with Crippen LogP contribution in [0.25, 0.3) is 6.08 Å². The second-order valence-electron chi connectivity index (χ2n) is 8.49. The van der Waals surface area contributed by atoms with Gasteiger partial charge < -0.3 is 23.4 Å². The molecule has 0 saturated carbocycles. The summed E-state index contributed by atoms with van der Waals surface area (Å²) in [6.07, 6.45) is 4.83. The number of ketones is 1. The summed E-state index contributed by atoms with van der Waals surface area (Å²) in [6, 6.07) is 9.76. The number of carbonyl (C=O) groups is 1. The number of benzene rings is 2. The molecule has 0 spiro atoms. The maximum Gasteiger partial charge on any atom is 0.231 e. The van der Waals surface area contributed by atoms with Gasteiger partial charge in [0.1, 0.15) is 11.8 Å². The zero-order chi connectivity index (χ0) is 22.0. The molecule has 4 rings (SSSR count). The van der Waals surface area contributed by atoms with Gasteiger partial charge in [-0.3, -0.25) is 4.79 Å². The summed E-state index contributed by atoms with van der Waals surface area (Å²) in [4.78, 5) is 13.0. The largest absolute Gasteiger partial charge is 0.494 e. The fraction of sp³-hybridized carbons (Fsp3) is 0.400. The van der Waals surface area contributed by atoms with E-state index in [4.69, 9.17) is 18.9 Å². The second kappa shape index (κ2) is 8.63. The molecule has 0 amide bonds. The Kier molecular flexibility index (Phi) is 5.92. The molecule has 2 aromatic rings. The van der Waals surface area contributed by atoms with E-state index in [0.717, 1.165) is 35.6 Å². The highest BCUT2D eigenvalue weighted by Crippen LogP contribution is 2.51. The molecule has 2 aliphatic heterocycles. The number of methoxy groups -OCH3 is 1. The van der Waals surface area contributed by atoms with Gasteiger partial charge in [-0.2, -0.15) is 0 Å². The maximum absolute atomic E-state index is 13.0. The minimum atomic E-state index is -0.0225. The number of hydrogen-bond acceptors (Lipinski definition) is 5. The van der Waals surface area contributed by atoms with Crippen LogP contribution in [0.2, 0.25) is 0 Å². The number of allylic oxidation sites excluding steroid dienone is 1. The number of quaternary nitrogens is 1. The van der Waals surface area contributed by atoms with Gasteiger partial charge in [0.05, 0.1) is 46.3 Å². The first-order valence-electron chi connectivity index (χ1n) is 10.7. The van der Waals surface area contributed by atoms with Gasteiger partial charge in [0.2, 0.25) is 12.5 Å². The first-order valence-corrected chi connectivity index (χ1v) is 10.7. The predicted octanol–water partition coefficient (Wildman–Crippen LogP) is 4.17. The van der Waals surface area contributed by atoms with Crippen molar-refractivity contribution in [1.29, 1.82) is 0 Å². The lowest BCUT2D eigenvalue weighted by atomic mass is 9.86. The first-order chi connectivity index (χ1) is 14.9. The molecule has 6 heteroatoms. The molecular weight excluding hydrogens is 394 g/mol. The lowest BCUT2D eigenvalue weighted by Gasteiger charge is -2.43. The van der Waals surface area contributed by atoms with Crippen molar-refractivity contribution in [3.63, 3.8) is 0 Å². The molecule has 6 nitrogen and oxygen atoms in total. The second-order valence-corrected chi connectivity index (χ2v) is 8.49. The van der Waals surface area contributed by atoms with Crippen molar-refractivity contribution >= 4 is 11.9 Å². The van der Waals surface area contributed by atoms with Gasteiger partial charge in [-0.25, -0.2) is 0 Å². The van der Waals surface area contributed by atoms with E-state index in [9.17, 15) is 4.79 Å². The lowest BCUT2D eigenvalue weighted by molar-refractivity contribution is -0.922. The SMILES string of the molecule is CCOc1ccc(/C=C\C(=O)C[C@H]2c3c(cc4c(c3OC)OCO4)CC[N+]2(C)C)cc1. The van der Waals surface area contributed by atoms with Crippen LogP contribution in [0.4, 0.5) is 0 Å². The molecule has 0 aliphatic carbocycles. The molecule has 2 aromatic carbocycles. The van der Waals surface area contributed by atoms with Gasteiger partial charge in [-0.05, 0) is 42.3 Å². The number of fused-ring (bicyclic) bond motifs is 2. The first kappa shape index (κ1) is 21.2. The van der Waals surface area contributed by atoms with Crippen molar-refractivity contribution in [3.8, 4) is 23.0 Å². The molecule has 0 radical (unpaired) electrons. The van der Waals surface area contributed by atoms with Crippen LogP contribution in [-0.2, 0) is 11.2 Å². The summed E-state index contributed by atoms with van der Waals surface area (Å²) in [5.41, 5.74) is 3.20. The fourth-order valence-corrected chi connectivity index (χ4v) is 4.40. The highest BCUT2D eigenvalue weighted by molar-refractivity contribution is 5.94. The van der Waals surface area contributed by atoms with Crippen LogP contribution in [0.1, 0.15) is 36.1 Å². The average Bonchev–Trinajstić information content (AvgIpc) is 3.22. The molecule has 0 saturated heterocycles. The van der Waals surface area contributed by atoms with E-state index in [1.54, 1.807) is 13.2 Å². The van der Waals surface area contributed by atoms with Crippen LogP contribution in [0, 0.1) is 0 Å². The van der Waals surface area contributed by atoms with Crippen LogP contribution < -0.4 is 18.9 Å². The normalized spacial score (nSPS) is 18.6. The Morgan fingerprint density at radius 1 is 1.23 bits per heavy atom. The van der Waals surface area contributed by atoms with Crippen molar-refractivity contribution in [3.05, 3.63) is 53.1 Å². The van der Waals surface area contributed by atoms with Gasteiger partial charge >= 0.3 is 0 Å². The Hall–Kier alpha value is -2.99. The third-order valence-electron chi connectivity index (χ3n) is 6.13. The highest BCUT2D eigenvalue weighted by Gasteiger charge is 2.41. The van der Waals surface area contributed by atoms with Gasteiger partial charge in [-0.15, -0.1) is 0 Å². The Morgan fingerprint density at radius 2 is 2.00 bits per heavy atom. The summed E-state index contributed by atoms with van der Waals surface area (Å²) >= 11 is 0. The molecule has 1 atom stereocenters. The van der Waals surface area contributed by atoms with Crippen LogP contribution >= 0.6 is 0 Å². The number of ether oxygens (including phenoxy) is 4. The van der Waals surface area contributed by atoms with Gasteiger partial charge in [0.25, 0.3) is 0 Å². The van der Waals surface area contributed by atoms with Crippen molar-refractivity contribution in [2.45, 2.75) is 25.8 Å². The topological polar surface area (TPSA) is 54.0 Å². The average molecular weight is 425 g/mol. The lowest BCUT2D eigenvalue weighted by Crippen LogP contribution is -2.48. The third kappa shape index (κ3) is 4.26. The quantitative estimate of drug-likeness (QED) is 0.493. The van der Waals surface area contributed by atoms with Gasteiger partial charge in [-0.1, -0.05) is 18.2 Å². The Morgan fingerprint density at radius 3 is 2.71 bits per heavy atom. The van der Waals surface area contributed by atoms with E-state index in [0.29, 0.717) is 29.0 Å². The van der Waals surface area contributed by atoms with Crippen LogP contribution in [0.3, 0.4) is 0 Å². The minimum absolute atomic E-state index is 0.0225. The summed E-state index contributed by atoms with van der Waals surface area (Å²) < 4.78 is 23.2. The molecule has 2 heterocycles. The number of rotatable bonds is 7. The fourth-order valence-electron chi connectivity index (χ4n) is 4.40. The van der Waals surface area contributed by atoms with Gasteiger partial charge in [0, 0.05) is 6.42 Å². The van der Waals surface area contributed by atoms with E-state index in [1.165, 1.54) is 5.56 Å². The molecule has 164 valence electrons. The smallest absolute Gasteiger partial charge is 0.231 e. The van der Waals surface area contributed by atoms with Crippen molar-refractivity contribution in [1.82, 2.24) is 0 Å².